The highest BCUT2D eigenvalue weighted by atomic mass is 16.5. The Bertz CT molecular complexity index is 705. The second-order valence-corrected chi connectivity index (χ2v) is 5.55. The molecular weight excluding hydrogens is 294 g/mol. The Kier molecular flexibility index (Phi) is 4.41. The number of amides is 1. The molecule has 1 aliphatic heterocycles. The SMILES string of the molecule is COc1cncc(OC2CCN(C(=O)c3cccc(C)c3)C2)n1. The molecule has 0 saturated carbocycles. The monoisotopic (exact) mass is 313 g/mol. The Morgan fingerprint density at radius 2 is 2.13 bits per heavy atom. The molecule has 1 aromatic heterocycles. The fourth-order valence-corrected chi connectivity index (χ4v) is 2.63. The van der Waals surface area contributed by atoms with Crippen LogP contribution in [0.15, 0.2) is 36.7 Å². The molecular formula is C17H19N3O3. The summed E-state index contributed by atoms with van der Waals surface area (Å²) in [6.45, 7) is 3.20. The fraction of sp³-hybridized carbons (Fsp3) is 0.353. The maximum Gasteiger partial charge on any atom is 0.253 e. The van der Waals surface area contributed by atoms with E-state index in [2.05, 4.69) is 9.97 Å². The molecule has 2 heterocycles. The van der Waals surface area contributed by atoms with Crippen LogP contribution < -0.4 is 9.47 Å². The van der Waals surface area contributed by atoms with Crippen LogP contribution in [0, 0.1) is 6.92 Å². The second-order valence-electron chi connectivity index (χ2n) is 5.55. The highest BCUT2D eigenvalue weighted by Crippen LogP contribution is 2.19. The van der Waals surface area contributed by atoms with E-state index in [4.69, 9.17) is 9.47 Å². The molecule has 1 unspecified atom stereocenters. The topological polar surface area (TPSA) is 64.6 Å². The number of hydrogen-bond donors (Lipinski definition) is 0. The zero-order chi connectivity index (χ0) is 16.2. The van der Waals surface area contributed by atoms with Crippen LogP contribution in [0.4, 0.5) is 0 Å². The molecule has 1 saturated heterocycles. The lowest BCUT2D eigenvalue weighted by Gasteiger charge is -2.17. The predicted octanol–water partition coefficient (Wildman–Crippen LogP) is 2.09. The van der Waals surface area contributed by atoms with Gasteiger partial charge in [-0.2, -0.15) is 4.98 Å². The van der Waals surface area contributed by atoms with Crippen molar-refractivity contribution in [2.75, 3.05) is 20.2 Å². The summed E-state index contributed by atoms with van der Waals surface area (Å²) < 4.78 is 10.8. The Balaban J connectivity index is 1.63. The molecule has 1 aromatic carbocycles. The number of aromatic nitrogens is 2. The van der Waals surface area contributed by atoms with Gasteiger partial charge >= 0.3 is 0 Å². The lowest BCUT2D eigenvalue weighted by Crippen LogP contribution is -2.31. The summed E-state index contributed by atoms with van der Waals surface area (Å²) in [5.74, 6) is 0.865. The van der Waals surface area contributed by atoms with Gasteiger partial charge in [0.1, 0.15) is 6.10 Å². The standard InChI is InChI=1S/C17H19N3O3/c1-12-4-3-5-13(8-12)17(21)20-7-6-14(11-20)23-16-10-18-9-15(19-16)22-2/h3-5,8-10,14H,6-7,11H2,1-2H3. The summed E-state index contributed by atoms with van der Waals surface area (Å²) in [4.78, 5) is 22.5. The molecule has 1 fully saturated rings. The quantitative estimate of drug-likeness (QED) is 0.865. The molecule has 23 heavy (non-hydrogen) atoms. The Hall–Kier alpha value is -2.63. The van der Waals surface area contributed by atoms with E-state index < -0.39 is 0 Å². The van der Waals surface area contributed by atoms with Gasteiger partial charge in [0.15, 0.2) is 0 Å². The van der Waals surface area contributed by atoms with E-state index in [1.54, 1.807) is 6.20 Å². The van der Waals surface area contributed by atoms with Gasteiger partial charge in [-0.15, -0.1) is 0 Å². The van der Waals surface area contributed by atoms with E-state index in [0.29, 0.717) is 30.4 Å². The number of benzene rings is 1. The lowest BCUT2D eigenvalue weighted by molar-refractivity contribution is 0.0770. The molecule has 120 valence electrons. The Labute approximate surface area is 135 Å². The number of ether oxygens (including phenoxy) is 2. The van der Waals surface area contributed by atoms with Crippen LogP contribution in [0.2, 0.25) is 0 Å². The number of rotatable bonds is 4. The van der Waals surface area contributed by atoms with E-state index in [9.17, 15) is 4.79 Å². The lowest BCUT2D eigenvalue weighted by atomic mass is 10.1. The van der Waals surface area contributed by atoms with Crippen LogP contribution in [0.1, 0.15) is 22.3 Å². The molecule has 0 aliphatic carbocycles. The van der Waals surface area contributed by atoms with E-state index in [0.717, 1.165) is 12.0 Å². The molecule has 0 radical (unpaired) electrons. The molecule has 0 N–H and O–H groups in total. The first-order valence-electron chi connectivity index (χ1n) is 7.54. The highest BCUT2D eigenvalue weighted by Gasteiger charge is 2.28. The predicted molar refractivity (Wildman–Crippen MR) is 84.7 cm³/mol. The third kappa shape index (κ3) is 3.59. The van der Waals surface area contributed by atoms with Gasteiger partial charge in [0, 0.05) is 18.5 Å². The number of nitrogens with zero attached hydrogens (tertiary/aromatic N) is 3. The molecule has 6 nitrogen and oxygen atoms in total. The second kappa shape index (κ2) is 6.64. The van der Waals surface area contributed by atoms with Gasteiger partial charge < -0.3 is 14.4 Å². The summed E-state index contributed by atoms with van der Waals surface area (Å²) in [6.07, 6.45) is 3.77. The van der Waals surface area contributed by atoms with Crippen LogP contribution in [-0.4, -0.2) is 47.1 Å². The molecule has 6 heteroatoms. The molecule has 1 atom stereocenters. The van der Waals surface area contributed by atoms with Crippen molar-refractivity contribution in [3.63, 3.8) is 0 Å². The fourth-order valence-electron chi connectivity index (χ4n) is 2.63. The van der Waals surface area contributed by atoms with Crippen LogP contribution in [0.5, 0.6) is 11.8 Å². The van der Waals surface area contributed by atoms with Gasteiger partial charge in [-0.3, -0.25) is 9.78 Å². The summed E-state index contributed by atoms with van der Waals surface area (Å²) in [5.41, 5.74) is 1.79. The first kappa shape index (κ1) is 15.3. The van der Waals surface area contributed by atoms with E-state index >= 15 is 0 Å². The Morgan fingerprint density at radius 3 is 2.91 bits per heavy atom. The zero-order valence-electron chi connectivity index (χ0n) is 13.2. The minimum absolute atomic E-state index is 0.0385. The number of carbonyl (C=O) groups excluding carboxylic acids is 1. The van der Waals surface area contributed by atoms with Crippen LogP contribution in [0.25, 0.3) is 0 Å². The van der Waals surface area contributed by atoms with Gasteiger partial charge in [0.05, 0.1) is 26.0 Å². The van der Waals surface area contributed by atoms with Gasteiger partial charge in [0.2, 0.25) is 11.8 Å². The average Bonchev–Trinajstić information content (AvgIpc) is 3.03. The smallest absolute Gasteiger partial charge is 0.253 e. The number of likely N-dealkylation sites (tertiary alicyclic amines) is 1. The maximum atomic E-state index is 12.5. The van der Waals surface area contributed by atoms with Crippen molar-refractivity contribution < 1.29 is 14.3 Å². The summed E-state index contributed by atoms with van der Waals surface area (Å²) in [5, 5.41) is 0. The van der Waals surface area contributed by atoms with Gasteiger partial charge in [-0.1, -0.05) is 17.7 Å². The molecule has 0 bridgehead atoms. The zero-order valence-corrected chi connectivity index (χ0v) is 13.2. The highest BCUT2D eigenvalue weighted by molar-refractivity contribution is 5.94. The summed E-state index contributed by atoms with van der Waals surface area (Å²) in [6, 6.07) is 7.63. The third-order valence-electron chi connectivity index (χ3n) is 3.78. The number of carbonyl (C=O) groups is 1. The van der Waals surface area contributed by atoms with E-state index in [-0.39, 0.29) is 12.0 Å². The van der Waals surface area contributed by atoms with Crippen molar-refractivity contribution in [3.8, 4) is 11.8 Å². The average molecular weight is 313 g/mol. The molecule has 1 amide bonds. The van der Waals surface area contributed by atoms with Crippen molar-refractivity contribution in [3.05, 3.63) is 47.8 Å². The summed E-state index contributed by atoms with van der Waals surface area (Å²) in [7, 11) is 1.53. The van der Waals surface area contributed by atoms with Crippen LogP contribution >= 0.6 is 0 Å². The third-order valence-corrected chi connectivity index (χ3v) is 3.78. The van der Waals surface area contributed by atoms with Crippen molar-refractivity contribution >= 4 is 5.91 Å². The largest absolute Gasteiger partial charge is 0.480 e. The molecule has 2 aromatic rings. The van der Waals surface area contributed by atoms with E-state index in [1.807, 2.05) is 36.1 Å². The Morgan fingerprint density at radius 1 is 1.30 bits per heavy atom. The van der Waals surface area contributed by atoms with Gasteiger partial charge in [-0.05, 0) is 19.1 Å². The first-order chi connectivity index (χ1) is 11.2. The summed E-state index contributed by atoms with van der Waals surface area (Å²) >= 11 is 0. The van der Waals surface area contributed by atoms with Gasteiger partial charge in [-0.25, -0.2) is 0 Å². The van der Waals surface area contributed by atoms with Crippen molar-refractivity contribution in [2.24, 2.45) is 0 Å². The van der Waals surface area contributed by atoms with Crippen LogP contribution in [-0.2, 0) is 0 Å². The van der Waals surface area contributed by atoms with Crippen molar-refractivity contribution in [1.29, 1.82) is 0 Å². The normalized spacial score (nSPS) is 17.1. The molecule has 0 spiro atoms. The number of hydrogen-bond acceptors (Lipinski definition) is 5. The van der Waals surface area contributed by atoms with Crippen molar-refractivity contribution in [2.45, 2.75) is 19.4 Å². The first-order valence-corrected chi connectivity index (χ1v) is 7.54. The minimum atomic E-state index is -0.0786. The van der Waals surface area contributed by atoms with Crippen molar-refractivity contribution in [1.82, 2.24) is 14.9 Å². The maximum absolute atomic E-state index is 12.5. The number of aryl methyl sites for hydroxylation is 1. The van der Waals surface area contributed by atoms with Gasteiger partial charge in [0.25, 0.3) is 5.91 Å². The minimum Gasteiger partial charge on any atom is -0.480 e. The van der Waals surface area contributed by atoms with E-state index in [1.165, 1.54) is 13.3 Å². The van der Waals surface area contributed by atoms with Crippen LogP contribution in [0.3, 0.4) is 0 Å². The molecule has 3 rings (SSSR count). The number of methoxy groups -OCH3 is 1. The molecule has 1 aliphatic rings.